The molecule has 0 radical (unpaired) electrons. The van der Waals surface area contributed by atoms with E-state index in [0.29, 0.717) is 17.7 Å². The molecule has 2 rings (SSSR count). The number of para-hydroxylation sites is 1. The summed E-state index contributed by atoms with van der Waals surface area (Å²) in [5.74, 6) is -0.155. The van der Waals surface area contributed by atoms with Gasteiger partial charge in [0.05, 0.1) is 5.03 Å². The molecule has 0 aliphatic heterocycles. The van der Waals surface area contributed by atoms with Crippen molar-refractivity contribution in [3.63, 3.8) is 0 Å². The molecule has 0 fully saturated rings. The van der Waals surface area contributed by atoms with Crippen LogP contribution in [0.2, 0.25) is 0 Å². The molecular formula is C14H15NO2S. The van der Waals surface area contributed by atoms with Crippen molar-refractivity contribution < 1.29 is 9.90 Å². The molecule has 2 N–H and O–H groups in total. The van der Waals surface area contributed by atoms with Crippen molar-refractivity contribution in [2.45, 2.75) is 18.4 Å². The average molecular weight is 261 g/mol. The molecule has 0 spiro atoms. The Morgan fingerprint density at radius 1 is 1.44 bits per heavy atom. The van der Waals surface area contributed by atoms with E-state index in [4.69, 9.17) is 5.11 Å². The highest BCUT2D eigenvalue weighted by atomic mass is 32.2. The number of rotatable bonds is 5. The van der Waals surface area contributed by atoms with Gasteiger partial charge in [0, 0.05) is 22.2 Å². The summed E-state index contributed by atoms with van der Waals surface area (Å²) in [7, 11) is 0. The summed E-state index contributed by atoms with van der Waals surface area (Å²) in [5, 5.41) is 11.1. The van der Waals surface area contributed by atoms with Gasteiger partial charge in [-0.2, -0.15) is 0 Å². The number of nitrogens with one attached hydrogen (secondary N) is 1. The highest BCUT2D eigenvalue weighted by Gasteiger charge is 2.04. The lowest BCUT2D eigenvalue weighted by Gasteiger charge is -1.97. The summed E-state index contributed by atoms with van der Waals surface area (Å²) >= 11 is 1.61. The van der Waals surface area contributed by atoms with Gasteiger partial charge < -0.3 is 10.1 Å². The number of H-pyrrole nitrogens is 1. The monoisotopic (exact) mass is 261 g/mol. The zero-order chi connectivity index (χ0) is 13.0. The van der Waals surface area contributed by atoms with Gasteiger partial charge in [-0.15, -0.1) is 11.8 Å². The van der Waals surface area contributed by atoms with Crippen molar-refractivity contribution in [2.75, 3.05) is 5.75 Å². The molecule has 0 aliphatic carbocycles. The molecule has 0 unspecified atom stereocenters. The van der Waals surface area contributed by atoms with E-state index in [-0.39, 0.29) is 0 Å². The first-order chi connectivity index (χ1) is 8.70. The summed E-state index contributed by atoms with van der Waals surface area (Å²) in [4.78, 5) is 14.1. The molecule has 0 bridgehead atoms. The second-order valence-corrected chi connectivity index (χ2v) is 4.98. The second-order valence-electron chi connectivity index (χ2n) is 3.92. The topological polar surface area (TPSA) is 53.1 Å². The lowest BCUT2D eigenvalue weighted by molar-refractivity contribution is -0.132. The molecule has 0 saturated carbocycles. The number of fused-ring (bicyclic) bond motifs is 1. The van der Waals surface area contributed by atoms with Crippen molar-refractivity contribution in [3.8, 4) is 0 Å². The quantitative estimate of drug-likeness (QED) is 0.637. The molecule has 1 heterocycles. The lowest BCUT2D eigenvalue weighted by atomic mass is 10.2. The van der Waals surface area contributed by atoms with Gasteiger partial charge in [-0.25, -0.2) is 4.79 Å². The number of benzene rings is 1. The third kappa shape index (κ3) is 2.96. The fourth-order valence-electron chi connectivity index (χ4n) is 1.74. The van der Waals surface area contributed by atoms with Crippen LogP contribution in [-0.4, -0.2) is 21.8 Å². The van der Waals surface area contributed by atoms with Gasteiger partial charge in [-0.3, -0.25) is 0 Å². The first-order valence-corrected chi connectivity index (χ1v) is 6.82. The molecule has 4 heteroatoms. The number of thioether (sulfide) groups is 1. The van der Waals surface area contributed by atoms with E-state index >= 15 is 0 Å². The van der Waals surface area contributed by atoms with Crippen LogP contribution in [0.4, 0.5) is 0 Å². The molecule has 0 atom stereocenters. The van der Waals surface area contributed by atoms with Crippen LogP contribution in [0.3, 0.4) is 0 Å². The van der Waals surface area contributed by atoms with Crippen molar-refractivity contribution in [1.29, 1.82) is 0 Å². The van der Waals surface area contributed by atoms with Gasteiger partial charge in [-0.1, -0.05) is 31.2 Å². The van der Waals surface area contributed by atoms with E-state index in [0.717, 1.165) is 10.5 Å². The normalized spacial score (nSPS) is 11.9. The number of aromatic amines is 1. The summed E-state index contributed by atoms with van der Waals surface area (Å²) in [6, 6.07) is 10.2. The van der Waals surface area contributed by atoms with Crippen molar-refractivity contribution >= 4 is 28.6 Å². The summed E-state index contributed by atoms with van der Waals surface area (Å²) in [5.41, 5.74) is 1.58. The van der Waals surface area contributed by atoms with Crippen LogP contribution in [0.1, 0.15) is 13.3 Å². The van der Waals surface area contributed by atoms with Gasteiger partial charge in [0.2, 0.25) is 0 Å². The Morgan fingerprint density at radius 2 is 2.22 bits per heavy atom. The average Bonchev–Trinajstić information content (AvgIpc) is 2.76. The van der Waals surface area contributed by atoms with Gasteiger partial charge in [0.25, 0.3) is 0 Å². The standard InChI is InChI=1S/C14H15NO2S/c1-2-10(14(16)17)7-8-18-13-9-11-5-3-4-6-12(11)15-13/h3-7,9,15H,2,8H2,1H3,(H,16,17)/b10-7-. The van der Waals surface area contributed by atoms with E-state index in [1.54, 1.807) is 17.8 Å². The minimum absolute atomic E-state index is 0.471. The Morgan fingerprint density at radius 3 is 2.89 bits per heavy atom. The Bertz CT molecular complexity index is 553. The Kier molecular flexibility index (Phi) is 4.10. The van der Waals surface area contributed by atoms with Crippen LogP contribution in [0.25, 0.3) is 10.9 Å². The SMILES string of the molecule is CC/C(=C/CSc1cc2ccccc2[nH]1)C(=O)O. The summed E-state index contributed by atoms with van der Waals surface area (Å²) in [6.07, 6.45) is 2.33. The van der Waals surface area contributed by atoms with Crippen LogP contribution >= 0.6 is 11.8 Å². The largest absolute Gasteiger partial charge is 0.478 e. The zero-order valence-electron chi connectivity index (χ0n) is 10.1. The van der Waals surface area contributed by atoms with Crippen LogP contribution in [0, 0.1) is 0 Å². The number of hydrogen-bond acceptors (Lipinski definition) is 2. The molecule has 94 valence electrons. The highest BCUT2D eigenvalue weighted by Crippen LogP contribution is 2.23. The first kappa shape index (κ1) is 12.8. The third-order valence-corrected chi connectivity index (χ3v) is 3.59. The maximum Gasteiger partial charge on any atom is 0.331 e. The minimum Gasteiger partial charge on any atom is -0.478 e. The Hall–Kier alpha value is -1.68. The second kappa shape index (κ2) is 5.78. The Labute approximate surface area is 110 Å². The number of hydrogen-bond donors (Lipinski definition) is 2. The van der Waals surface area contributed by atoms with Crippen LogP contribution < -0.4 is 0 Å². The van der Waals surface area contributed by atoms with Crippen molar-refractivity contribution in [2.24, 2.45) is 0 Å². The van der Waals surface area contributed by atoms with Gasteiger partial charge in [-0.05, 0) is 18.6 Å². The number of carbonyl (C=O) groups is 1. The molecule has 1 aromatic heterocycles. The fraction of sp³-hybridized carbons (Fsp3) is 0.214. The number of carboxylic acid groups (broad SMARTS) is 1. The number of aliphatic carboxylic acids is 1. The highest BCUT2D eigenvalue weighted by molar-refractivity contribution is 7.99. The predicted octanol–water partition coefficient (Wildman–Crippen LogP) is 3.68. The van der Waals surface area contributed by atoms with Crippen molar-refractivity contribution in [1.82, 2.24) is 4.98 Å². The lowest BCUT2D eigenvalue weighted by Crippen LogP contribution is -1.99. The maximum absolute atomic E-state index is 10.8. The smallest absolute Gasteiger partial charge is 0.331 e. The molecule has 1 aromatic carbocycles. The van der Waals surface area contributed by atoms with E-state index in [1.165, 1.54) is 5.39 Å². The molecule has 2 aromatic rings. The fourth-order valence-corrected chi connectivity index (χ4v) is 2.60. The van der Waals surface area contributed by atoms with Crippen LogP contribution in [0.15, 0.2) is 47.0 Å². The van der Waals surface area contributed by atoms with Gasteiger partial charge in [0.1, 0.15) is 0 Å². The Balaban J connectivity index is 2.04. The van der Waals surface area contributed by atoms with Crippen LogP contribution in [0.5, 0.6) is 0 Å². The van der Waals surface area contributed by atoms with E-state index in [1.807, 2.05) is 25.1 Å². The maximum atomic E-state index is 10.8. The zero-order valence-corrected chi connectivity index (χ0v) is 11.0. The van der Waals surface area contributed by atoms with E-state index < -0.39 is 5.97 Å². The molecule has 0 aliphatic rings. The molecule has 0 amide bonds. The molecular weight excluding hydrogens is 246 g/mol. The molecule has 0 saturated heterocycles. The van der Waals surface area contributed by atoms with Gasteiger partial charge in [0.15, 0.2) is 0 Å². The third-order valence-electron chi connectivity index (χ3n) is 2.73. The first-order valence-electron chi connectivity index (χ1n) is 5.83. The predicted molar refractivity (Wildman–Crippen MR) is 75.0 cm³/mol. The summed E-state index contributed by atoms with van der Waals surface area (Å²) < 4.78 is 0. The van der Waals surface area contributed by atoms with Crippen molar-refractivity contribution in [3.05, 3.63) is 42.0 Å². The van der Waals surface area contributed by atoms with Gasteiger partial charge >= 0.3 is 5.97 Å². The number of carboxylic acids is 1. The molecule has 3 nitrogen and oxygen atoms in total. The van der Waals surface area contributed by atoms with E-state index in [9.17, 15) is 4.79 Å². The minimum atomic E-state index is -0.824. The number of aromatic nitrogens is 1. The van der Waals surface area contributed by atoms with Crippen LogP contribution in [-0.2, 0) is 4.79 Å². The summed E-state index contributed by atoms with van der Waals surface area (Å²) in [6.45, 7) is 1.85. The molecule has 18 heavy (non-hydrogen) atoms. The van der Waals surface area contributed by atoms with E-state index in [2.05, 4.69) is 17.1 Å².